The maximum atomic E-state index is 4.67. The highest BCUT2D eigenvalue weighted by molar-refractivity contribution is 5.52. The molecule has 0 saturated heterocycles. The Labute approximate surface area is 57.7 Å². The highest BCUT2D eigenvalue weighted by atomic mass is 16.5. The van der Waals surface area contributed by atoms with Crippen LogP contribution in [0.1, 0.15) is 0 Å². The Hall–Kier alpha value is -1.51. The summed E-state index contributed by atoms with van der Waals surface area (Å²) in [6.45, 7) is 0. The average Bonchev–Trinajstić information content (AvgIpc) is 2.59. The Morgan fingerprint density at radius 2 is 2.40 bits per heavy atom. The normalized spacial score (nSPS) is 10.0. The van der Waals surface area contributed by atoms with E-state index in [2.05, 4.69) is 14.7 Å². The maximum absolute atomic E-state index is 4.67. The van der Waals surface area contributed by atoms with Gasteiger partial charge in [0.2, 0.25) is 0 Å². The van der Waals surface area contributed by atoms with Gasteiger partial charge in [-0.2, -0.15) is 0 Å². The van der Waals surface area contributed by atoms with Crippen LogP contribution in [-0.2, 0) is 0 Å². The quantitative estimate of drug-likeness (QED) is 0.644. The molecular weight excluding hydrogens is 128 g/mol. The van der Waals surface area contributed by atoms with Gasteiger partial charge in [0.25, 0.3) is 0 Å². The monoisotopic (exact) mass is 134 g/mol. The van der Waals surface area contributed by atoms with Crippen LogP contribution in [0.25, 0.3) is 11.4 Å². The van der Waals surface area contributed by atoms with Crippen molar-refractivity contribution in [2.45, 2.75) is 0 Å². The molecule has 0 atom stereocenters. The molecule has 50 valence electrons. The van der Waals surface area contributed by atoms with Gasteiger partial charge in [-0.3, -0.25) is 0 Å². The van der Waals surface area contributed by atoms with Crippen LogP contribution in [0.5, 0.6) is 0 Å². The summed E-state index contributed by atoms with van der Waals surface area (Å²) >= 11 is 0. The summed E-state index contributed by atoms with van der Waals surface area (Å²) in [6.07, 6.45) is 3.40. The fourth-order valence-corrected chi connectivity index (χ4v) is 0.841. The molecule has 0 bridgehead atoms. The summed E-state index contributed by atoms with van der Waals surface area (Å²) in [5.74, 6) is 0. The van der Waals surface area contributed by atoms with E-state index in [1.807, 2.05) is 24.4 Å². The first-order valence-electron chi connectivity index (χ1n) is 3.01. The lowest BCUT2D eigenvalue weighted by Gasteiger charge is -1.83. The molecule has 2 heterocycles. The molecule has 0 aliphatic rings. The molecule has 0 unspecified atom stereocenters. The number of hydrogen-bond acceptors (Lipinski definition) is 2. The minimum absolute atomic E-state index is 0.838. The van der Waals surface area contributed by atoms with Crippen LogP contribution < -0.4 is 0 Å². The second-order valence-corrected chi connectivity index (χ2v) is 1.97. The molecule has 0 radical (unpaired) electrons. The Kier molecular flexibility index (Phi) is 1.07. The van der Waals surface area contributed by atoms with Gasteiger partial charge < -0.3 is 9.51 Å². The summed E-state index contributed by atoms with van der Waals surface area (Å²) in [6, 6.07) is 5.67. The van der Waals surface area contributed by atoms with Gasteiger partial charge in [-0.25, -0.2) is 0 Å². The zero-order valence-corrected chi connectivity index (χ0v) is 5.24. The Morgan fingerprint density at radius 3 is 3.00 bits per heavy atom. The molecule has 0 aliphatic carbocycles. The molecule has 10 heavy (non-hydrogen) atoms. The number of nitrogens with one attached hydrogen (secondary N) is 1. The van der Waals surface area contributed by atoms with Crippen molar-refractivity contribution in [1.29, 1.82) is 0 Å². The van der Waals surface area contributed by atoms with E-state index in [9.17, 15) is 0 Å². The Bertz CT molecular complexity index is 251. The zero-order valence-electron chi connectivity index (χ0n) is 5.24. The van der Waals surface area contributed by atoms with E-state index in [0.29, 0.717) is 0 Å². The van der Waals surface area contributed by atoms with E-state index in [4.69, 9.17) is 0 Å². The molecule has 0 fully saturated rings. The number of aromatic nitrogens is 2. The SMILES string of the molecule is c1c[nH]c(-c2ccon2)c1. The number of hydrogen-bond donors (Lipinski definition) is 1. The summed E-state index contributed by atoms with van der Waals surface area (Å²) in [5, 5.41) is 3.75. The van der Waals surface area contributed by atoms with Crippen LogP contribution in [0.3, 0.4) is 0 Å². The maximum Gasteiger partial charge on any atom is 0.130 e. The van der Waals surface area contributed by atoms with Crippen LogP contribution >= 0.6 is 0 Å². The van der Waals surface area contributed by atoms with E-state index < -0.39 is 0 Å². The highest BCUT2D eigenvalue weighted by Gasteiger charge is 1.98. The van der Waals surface area contributed by atoms with Gasteiger partial charge in [-0.15, -0.1) is 0 Å². The molecule has 2 rings (SSSR count). The van der Waals surface area contributed by atoms with E-state index in [0.717, 1.165) is 11.4 Å². The van der Waals surface area contributed by atoms with Crippen molar-refractivity contribution in [3.8, 4) is 11.4 Å². The van der Waals surface area contributed by atoms with Crippen molar-refractivity contribution >= 4 is 0 Å². The topological polar surface area (TPSA) is 41.8 Å². The third-order valence-electron chi connectivity index (χ3n) is 1.31. The zero-order chi connectivity index (χ0) is 6.81. The van der Waals surface area contributed by atoms with E-state index in [1.54, 1.807) is 6.26 Å². The summed E-state index contributed by atoms with van der Waals surface area (Å²) in [7, 11) is 0. The lowest BCUT2D eigenvalue weighted by atomic mass is 10.3. The van der Waals surface area contributed by atoms with Crippen LogP contribution in [0.15, 0.2) is 35.2 Å². The Morgan fingerprint density at radius 1 is 1.40 bits per heavy atom. The lowest BCUT2D eigenvalue weighted by molar-refractivity contribution is 0.422. The van der Waals surface area contributed by atoms with Gasteiger partial charge in [-0.1, -0.05) is 5.16 Å². The predicted molar refractivity (Wildman–Crippen MR) is 36.3 cm³/mol. The van der Waals surface area contributed by atoms with Crippen molar-refractivity contribution in [3.63, 3.8) is 0 Å². The van der Waals surface area contributed by atoms with Gasteiger partial charge in [0.05, 0.1) is 5.69 Å². The second-order valence-electron chi connectivity index (χ2n) is 1.97. The molecule has 3 nitrogen and oxygen atoms in total. The summed E-state index contributed by atoms with van der Waals surface area (Å²) in [5.41, 5.74) is 1.82. The van der Waals surface area contributed by atoms with Gasteiger partial charge in [0.15, 0.2) is 0 Å². The highest BCUT2D eigenvalue weighted by Crippen LogP contribution is 2.12. The third kappa shape index (κ3) is 0.719. The minimum atomic E-state index is 0.838. The largest absolute Gasteiger partial charge is 0.364 e. The molecule has 0 amide bonds. The fraction of sp³-hybridized carbons (Fsp3) is 0. The smallest absolute Gasteiger partial charge is 0.130 e. The standard InChI is InChI=1S/C7H6N2O/c1-2-6(8-4-1)7-3-5-10-9-7/h1-5,8H. The van der Waals surface area contributed by atoms with E-state index in [-0.39, 0.29) is 0 Å². The van der Waals surface area contributed by atoms with Gasteiger partial charge >= 0.3 is 0 Å². The summed E-state index contributed by atoms with van der Waals surface area (Å²) in [4.78, 5) is 3.02. The predicted octanol–water partition coefficient (Wildman–Crippen LogP) is 1.67. The lowest BCUT2D eigenvalue weighted by Crippen LogP contribution is -1.72. The first-order valence-corrected chi connectivity index (χ1v) is 3.01. The van der Waals surface area contributed by atoms with Gasteiger partial charge in [0.1, 0.15) is 12.0 Å². The van der Waals surface area contributed by atoms with Crippen LogP contribution in [0.4, 0.5) is 0 Å². The molecule has 0 spiro atoms. The molecular formula is C7H6N2O. The molecule has 3 heteroatoms. The molecule has 0 saturated carbocycles. The minimum Gasteiger partial charge on any atom is -0.364 e. The number of aromatic amines is 1. The number of nitrogens with zero attached hydrogens (tertiary/aromatic N) is 1. The van der Waals surface area contributed by atoms with Gasteiger partial charge in [-0.05, 0) is 12.1 Å². The average molecular weight is 134 g/mol. The van der Waals surface area contributed by atoms with Crippen LogP contribution in [-0.4, -0.2) is 10.1 Å². The first kappa shape index (κ1) is 5.29. The van der Waals surface area contributed by atoms with Crippen molar-refractivity contribution < 1.29 is 4.52 Å². The fourth-order valence-electron chi connectivity index (χ4n) is 0.841. The number of H-pyrrole nitrogens is 1. The molecule has 2 aromatic heterocycles. The van der Waals surface area contributed by atoms with Crippen molar-refractivity contribution in [2.75, 3.05) is 0 Å². The second kappa shape index (κ2) is 2.02. The van der Waals surface area contributed by atoms with Gasteiger partial charge in [0, 0.05) is 12.3 Å². The van der Waals surface area contributed by atoms with Crippen LogP contribution in [0.2, 0.25) is 0 Å². The van der Waals surface area contributed by atoms with Crippen molar-refractivity contribution in [1.82, 2.24) is 10.1 Å². The van der Waals surface area contributed by atoms with Crippen molar-refractivity contribution in [3.05, 3.63) is 30.7 Å². The van der Waals surface area contributed by atoms with E-state index in [1.165, 1.54) is 0 Å². The molecule has 0 aromatic carbocycles. The van der Waals surface area contributed by atoms with Crippen molar-refractivity contribution in [2.24, 2.45) is 0 Å². The molecule has 1 N–H and O–H groups in total. The first-order chi connectivity index (χ1) is 4.97. The molecule has 2 aromatic rings. The Balaban J connectivity index is 2.48. The summed E-state index contributed by atoms with van der Waals surface area (Å²) < 4.78 is 4.67. The van der Waals surface area contributed by atoms with E-state index >= 15 is 0 Å². The van der Waals surface area contributed by atoms with Crippen LogP contribution in [0, 0.1) is 0 Å². The third-order valence-corrected chi connectivity index (χ3v) is 1.31. The molecule has 0 aliphatic heterocycles. The number of rotatable bonds is 1.